The van der Waals surface area contributed by atoms with Gasteiger partial charge < -0.3 is 4.52 Å². The van der Waals surface area contributed by atoms with Crippen molar-refractivity contribution in [2.45, 2.75) is 20.8 Å². The number of aromatic nitrogens is 1. The maximum absolute atomic E-state index is 5.04. The first-order valence-electron chi connectivity index (χ1n) is 3.92. The van der Waals surface area contributed by atoms with Gasteiger partial charge in [-0.1, -0.05) is 23.9 Å². The molecule has 2 nitrogen and oxygen atoms in total. The van der Waals surface area contributed by atoms with Gasteiger partial charge in [-0.05, 0) is 26.3 Å². The SMILES string of the molecule is C=C/C(=C/C)c1c(C)noc1C. The molecule has 0 aromatic carbocycles. The van der Waals surface area contributed by atoms with Crippen LogP contribution in [0.1, 0.15) is 23.9 Å². The summed E-state index contributed by atoms with van der Waals surface area (Å²) in [5.74, 6) is 0.848. The van der Waals surface area contributed by atoms with Crippen molar-refractivity contribution in [1.82, 2.24) is 5.16 Å². The van der Waals surface area contributed by atoms with Crippen LogP contribution in [0.2, 0.25) is 0 Å². The zero-order valence-electron chi connectivity index (χ0n) is 7.72. The van der Waals surface area contributed by atoms with Gasteiger partial charge in [0.2, 0.25) is 0 Å². The molecule has 2 heteroatoms. The fourth-order valence-electron chi connectivity index (χ4n) is 1.26. The molecule has 0 spiro atoms. The predicted octanol–water partition coefficient (Wildman–Crippen LogP) is 2.88. The Kier molecular flexibility index (Phi) is 2.48. The molecule has 0 atom stereocenters. The van der Waals surface area contributed by atoms with E-state index in [1.165, 1.54) is 0 Å². The first-order chi connectivity index (χ1) is 5.70. The standard InChI is InChI=1S/C10H13NO/c1-5-9(6-2)10-7(3)11-12-8(10)4/h5-6H,1H2,2-4H3/b9-6-. The Morgan fingerprint density at radius 3 is 2.50 bits per heavy atom. The van der Waals surface area contributed by atoms with E-state index < -0.39 is 0 Å². The zero-order valence-corrected chi connectivity index (χ0v) is 7.72. The van der Waals surface area contributed by atoms with E-state index in [4.69, 9.17) is 4.52 Å². The molecule has 0 aliphatic carbocycles. The summed E-state index contributed by atoms with van der Waals surface area (Å²) < 4.78 is 5.04. The van der Waals surface area contributed by atoms with Crippen LogP contribution < -0.4 is 0 Å². The van der Waals surface area contributed by atoms with E-state index in [1.54, 1.807) is 0 Å². The Balaban J connectivity index is 3.25. The van der Waals surface area contributed by atoms with Gasteiger partial charge in [0, 0.05) is 5.56 Å². The van der Waals surface area contributed by atoms with Crippen molar-refractivity contribution < 1.29 is 4.52 Å². The molecule has 1 aromatic rings. The lowest BCUT2D eigenvalue weighted by Crippen LogP contribution is -1.83. The van der Waals surface area contributed by atoms with Crippen molar-refractivity contribution in [3.63, 3.8) is 0 Å². The van der Waals surface area contributed by atoms with Crippen molar-refractivity contribution in [3.05, 3.63) is 35.7 Å². The molecule has 0 radical (unpaired) electrons. The number of aryl methyl sites for hydroxylation is 2. The van der Waals surface area contributed by atoms with Gasteiger partial charge in [-0.25, -0.2) is 0 Å². The molecule has 0 unspecified atom stereocenters. The maximum Gasteiger partial charge on any atom is 0.141 e. The van der Waals surface area contributed by atoms with Gasteiger partial charge in [-0.2, -0.15) is 0 Å². The number of nitrogens with zero attached hydrogens (tertiary/aromatic N) is 1. The quantitative estimate of drug-likeness (QED) is 0.626. The molecule has 1 heterocycles. The minimum Gasteiger partial charge on any atom is -0.361 e. The minimum absolute atomic E-state index is 0.848. The average Bonchev–Trinajstić information content (AvgIpc) is 2.38. The van der Waals surface area contributed by atoms with Gasteiger partial charge in [-0.15, -0.1) is 0 Å². The topological polar surface area (TPSA) is 26.0 Å². The Labute approximate surface area is 72.6 Å². The Morgan fingerprint density at radius 2 is 2.17 bits per heavy atom. The highest BCUT2D eigenvalue weighted by atomic mass is 16.5. The minimum atomic E-state index is 0.848. The number of rotatable bonds is 2. The normalized spacial score (nSPS) is 11.8. The second kappa shape index (κ2) is 3.39. The summed E-state index contributed by atoms with van der Waals surface area (Å²) in [7, 11) is 0. The molecule has 12 heavy (non-hydrogen) atoms. The molecule has 1 rings (SSSR count). The fraction of sp³-hybridized carbons (Fsp3) is 0.300. The molecule has 64 valence electrons. The molecule has 0 bridgehead atoms. The van der Waals surface area contributed by atoms with Crippen LogP contribution in [0, 0.1) is 13.8 Å². The summed E-state index contributed by atoms with van der Waals surface area (Å²) >= 11 is 0. The average molecular weight is 163 g/mol. The fourth-order valence-corrected chi connectivity index (χ4v) is 1.26. The van der Waals surface area contributed by atoms with E-state index >= 15 is 0 Å². The first-order valence-corrected chi connectivity index (χ1v) is 3.92. The van der Waals surface area contributed by atoms with Gasteiger partial charge in [0.05, 0.1) is 5.69 Å². The second-order valence-electron chi connectivity index (χ2n) is 2.65. The molecule has 0 aliphatic heterocycles. The van der Waals surface area contributed by atoms with Gasteiger partial charge in [0.1, 0.15) is 5.76 Å². The second-order valence-corrected chi connectivity index (χ2v) is 2.65. The van der Waals surface area contributed by atoms with E-state index in [9.17, 15) is 0 Å². The number of allylic oxidation sites excluding steroid dienone is 3. The number of hydrogen-bond donors (Lipinski definition) is 0. The summed E-state index contributed by atoms with van der Waals surface area (Å²) in [5, 5.41) is 3.87. The van der Waals surface area contributed by atoms with Gasteiger partial charge >= 0.3 is 0 Å². The van der Waals surface area contributed by atoms with Crippen molar-refractivity contribution in [3.8, 4) is 0 Å². The molecule has 0 saturated heterocycles. The highest BCUT2D eigenvalue weighted by Gasteiger charge is 2.10. The first kappa shape index (κ1) is 8.78. The Bertz CT molecular complexity index is 301. The lowest BCUT2D eigenvalue weighted by atomic mass is 10.0. The van der Waals surface area contributed by atoms with Crippen LogP contribution in [0.15, 0.2) is 23.3 Å². The van der Waals surface area contributed by atoms with Crippen molar-refractivity contribution in [1.29, 1.82) is 0 Å². The van der Waals surface area contributed by atoms with E-state index in [1.807, 2.05) is 32.9 Å². The van der Waals surface area contributed by atoms with Crippen molar-refractivity contribution >= 4 is 5.57 Å². The largest absolute Gasteiger partial charge is 0.361 e. The summed E-state index contributed by atoms with van der Waals surface area (Å²) in [6, 6.07) is 0. The molecule has 0 amide bonds. The third-order valence-electron chi connectivity index (χ3n) is 1.85. The Morgan fingerprint density at radius 1 is 1.50 bits per heavy atom. The van der Waals surface area contributed by atoms with Gasteiger partial charge in [-0.3, -0.25) is 0 Å². The smallest absolute Gasteiger partial charge is 0.141 e. The Hall–Kier alpha value is -1.31. The molecule has 0 saturated carbocycles. The van der Waals surface area contributed by atoms with Crippen LogP contribution in [0.5, 0.6) is 0 Å². The third-order valence-corrected chi connectivity index (χ3v) is 1.85. The van der Waals surface area contributed by atoms with E-state index in [2.05, 4.69) is 11.7 Å². The maximum atomic E-state index is 5.04. The van der Waals surface area contributed by atoms with E-state index in [0.717, 1.165) is 22.6 Å². The number of hydrogen-bond acceptors (Lipinski definition) is 2. The molecular formula is C10H13NO. The van der Waals surface area contributed by atoms with Crippen molar-refractivity contribution in [2.75, 3.05) is 0 Å². The van der Waals surface area contributed by atoms with Crippen LogP contribution in [0.4, 0.5) is 0 Å². The van der Waals surface area contributed by atoms with Crippen LogP contribution in [-0.2, 0) is 0 Å². The summed E-state index contributed by atoms with van der Waals surface area (Å²) in [5.41, 5.74) is 3.05. The summed E-state index contributed by atoms with van der Waals surface area (Å²) in [6.45, 7) is 9.54. The van der Waals surface area contributed by atoms with Gasteiger partial charge in [0.25, 0.3) is 0 Å². The van der Waals surface area contributed by atoms with Crippen LogP contribution >= 0.6 is 0 Å². The zero-order chi connectivity index (χ0) is 9.14. The van der Waals surface area contributed by atoms with Crippen LogP contribution in [0.3, 0.4) is 0 Å². The van der Waals surface area contributed by atoms with Crippen LogP contribution in [-0.4, -0.2) is 5.16 Å². The predicted molar refractivity (Wildman–Crippen MR) is 49.8 cm³/mol. The lowest BCUT2D eigenvalue weighted by molar-refractivity contribution is 0.393. The van der Waals surface area contributed by atoms with Crippen LogP contribution in [0.25, 0.3) is 5.57 Å². The lowest BCUT2D eigenvalue weighted by Gasteiger charge is -1.97. The van der Waals surface area contributed by atoms with Crippen molar-refractivity contribution in [2.24, 2.45) is 0 Å². The molecule has 1 aromatic heterocycles. The monoisotopic (exact) mass is 163 g/mol. The molecule has 0 fully saturated rings. The summed E-state index contributed by atoms with van der Waals surface area (Å²) in [4.78, 5) is 0. The highest BCUT2D eigenvalue weighted by Crippen LogP contribution is 2.22. The molecular weight excluding hydrogens is 150 g/mol. The third kappa shape index (κ3) is 1.33. The van der Waals surface area contributed by atoms with Gasteiger partial charge in [0.15, 0.2) is 0 Å². The highest BCUT2D eigenvalue weighted by molar-refractivity contribution is 5.75. The van der Waals surface area contributed by atoms with E-state index in [0.29, 0.717) is 0 Å². The molecule has 0 aliphatic rings. The van der Waals surface area contributed by atoms with E-state index in [-0.39, 0.29) is 0 Å². The molecule has 0 N–H and O–H groups in total. The summed E-state index contributed by atoms with van der Waals surface area (Å²) in [6.07, 6.45) is 3.81.